The van der Waals surface area contributed by atoms with Crippen LogP contribution in [0.4, 0.5) is 0 Å². The van der Waals surface area contributed by atoms with Crippen molar-refractivity contribution in [1.82, 2.24) is 20.5 Å². The second-order valence-electron chi connectivity index (χ2n) is 7.39. The predicted molar refractivity (Wildman–Crippen MR) is 123 cm³/mol. The summed E-state index contributed by atoms with van der Waals surface area (Å²) in [5.74, 6) is 1.67. The van der Waals surface area contributed by atoms with Crippen molar-refractivity contribution in [3.8, 4) is 0 Å². The Bertz CT molecular complexity index is 595. The van der Waals surface area contributed by atoms with Crippen LogP contribution < -0.4 is 10.6 Å². The van der Waals surface area contributed by atoms with Crippen LogP contribution in [0.2, 0.25) is 0 Å². The minimum absolute atomic E-state index is 0. The van der Waals surface area contributed by atoms with Crippen LogP contribution in [0.3, 0.4) is 0 Å². The standard InChI is InChI=1S/C19H33N5OS.HI/c1-4-20-19(21-11-18-14(2)22-15(3)26-18)23-17-5-8-24(9-6-17)12-16-7-10-25-13-16;/h16-17H,4-13H2,1-3H3,(H2,20,21,23);1H. The Labute approximate surface area is 184 Å². The maximum Gasteiger partial charge on any atom is 0.191 e. The SMILES string of the molecule is CCNC(=NCc1sc(C)nc1C)NC1CCN(CC2CCOC2)CC1.I. The zero-order chi connectivity index (χ0) is 18.4. The lowest BCUT2D eigenvalue weighted by molar-refractivity contribution is 0.150. The number of aliphatic imine (C=N–C) groups is 1. The molecule has 1 aromatic rings. The number of thiazole rings is 1. The zero-order valence-corrected chi connectivity index (χ0v) is 19.9. The number of ether oxygens (including phenoxy) is 1. The molecule has 8 heteroatoms. The Morgan fingerprint density at radius 2 is 2.07 bits per heavy atom. The van der Waals surface area contributed by atoms with Crippen LogP contribution in [-0.2, 0) is 11.3 Å². The average molecular weight is 507 g/mol. The number of aryl methyl sites for hydroxylation is 2. The molecule has 27 heavy (non-hydrogen) atoms. The summed E-state index contributed by atoms with van der Waals surface area (Å²) < 4.78 is 5.51. The number of guanidine groups is 1. The normalized spacial score (nSPS) is 21.9. The van der Waals surface area contributed by atoms with E-state index in [0.29, 0.717) is 12.6 Å². The van der Waals surface area contributed by atoms with E-state index in [-0.39, 0.29) is 24.0 Å². The summed E-state index contributed by atoms with van der Waals surface area (Å²) in [6.45, 7) is 13.3. The van der Waals surface area contributed by atoms with Gasteiger partial charge in [0.15, 0.2) is 5.96 Å². The van der Waals surface area contributed by atoms with Gasteiger partial charge < -0.3 is 20.3 Å². The lowest BCUT2D eigenvalue weighted by Gasteiger charge is -2.34. The third-order valence-electron chi connectivity index (χ3n) is 5.19. The molecule has 3 rings (SSSR count). The molecule has 154 valence electrons. The number of nitrogens with one attached hydrogen (secondary N) is 2. The fourth-order valence-electron chi connectivity index (χ4n) is 3.74. The van der Waals surface area contributed by atoms with Crippen molar-refractivity contribution in [2.24, 2.45) is 10.9 Å². The average Bonchev–Trinajstić information content (AvgIpc) is 3.24. The molecule has 0 aromatic carbocycles. The van der Waals surface area contributed by atoms with Gasteiger partial charge in [0, 0.05) is 43.7 Å². The summed E-state index contributed by atoms with van der Waals surface area (Å²) >= 11 is 1.75. The maximum atomic E-state index is 5.51. The number of hydrogen-bond acceptors (Lipinski definition) is 5. The van der Waals surface area contributed by atoms with E-state index in [4.69, 9.17) is 9.73 Å². The van der Waals surface area contributed by atoms with Crippen LogP contribution in [-0.4, -0.2) is 61.3 Å². The van der Waals surface area contributed by atoms with E-state index in [2.05, 4.69) is 41.3 Å². The molecular weight excluding hydrogens is 473 g/mol. The molecule has 0 amide bonds. The minimum Gasteiger partial charge on any atom is -0.381 e. The van der Waals surface area contributed by atoms with Crippen molar-refractivity contribution < 1.29 is 4.74 Å². The Kier molecular flexibility index (Phi) is 9.75. The number of aromatic nitrogens is 1. The molecule has 0 radical (unpaired) electrons. The highest BCUT2D eigenvalue weighted by Gasteiger charge is 2.24. The molecule has 6 nitrogen and oxygen atoms in total. The van der Waals surface area contributed by atoms with Crippen LogP contribution in [0.25, 0.3) is 0 Å². The first-order chi connectivity index (χ1) is 12.6. The second kappa shape index (κ2) is 11.5. The molecule has 1 unspecified atom stereocenters. The van der Waals surface area contributed by atoms with Gasteiger partial charge in [-0.2, -0.15) is 0 Å². The molecule has 0 saturated carbocycles. The molecule has 0 aliphatic carbocycles. The third-order valence-corrected chi connectivity index (χ3v) is 6.25. The Balaban J connectivity index is 0.00000261. The van der Waals surface area contributed by atoms with E-state index in [1.165, 1.54) is 43.8 Å². The first-order valence-electron chi connectivity index (χ1n) is 9.92. The Morgan fingerprint density at radius 1 is 1.30 bits per heavy atom. The highest BCUT2D eigenvalue weighted by molar-refractivity contribution is 14.0. The third kappa shape index (κ3) is 7.14. The lowest BCUT2D eigenvalue weighted by Crippen LogP contribution is -2.49. The maximum absolute atomic E-state index is 5.51. The second-order valence-corrected chi connectivity index (χ2v) is 8.67. The van der Waals surface area contributed by atoms with Crippen LogP contribution in [0.5, 0.6) is 0 Å². The predicted octanol–water partition coefficient (Wildman–Crippen LogP) is 2.93. The van der Waals surface area contributed by atoms with E-state index in [0.717, 1.165) is 42.3 Å². The molecule has 2 saturated heterocycles. The smallest absolute Gasteiger partial charge is 0.191 e. The fourth-order valence-corrected chi connectivity index (χ4v) is 4.60. The topological polar surface area (TPSA) is 61.8 Å². The van der Waals surface area contributed by atoms with E-state index >= 15 is 0 Å². The molecular formula is C19H34IN5OS. The molecule has 2 aliphatic heterocycles. The summed E-state index contributed by atoms with van der Waals surface area (Å²) in [5.41, 5.74) is 1.11. The van der Waals surface area contributed by atoms with Crippen molar-refractivity contribution in [3.05, 3.63) is 15.6 Å². The van der Waals surface area contributed by atoms with Gasteiger partial charge in [0.05, 0.1) is 23.9 Å². The van der Waals surface area contributed by atoms with Gasteiger partial charge in [0.2, 0.25) is 0 Å². The van der Waals surface area contributed by atoms with Crippen molar-refractivity contribution in [3.63, 3.8) is 0 Å². The number of piperidine rings is 1. The van der Waals surface area contributed by atoms with E-state index in [1.54, 1.807) is 11.3 Å². The Hall–Kier alpha value is -0.450. The highest BCUT2D eigenvalue weighted by atomic mass is 127. The van der Waals surface area contributed by atoms with Gasteiger partial charge in [0.1, 0.15) is 0 Å². The van der Waals surface area contributed by atoms with Gasteiger partial charge in [-0.15, -0.1) is 35.3 Å². The summed E-state index contributed by atoms with van der Waals surface area (Å²) in [6.07, 6.45) is 3.58. The first kappa shape index (κ1) is 22.8. The van der Waals surface area contributed by atoms with Crippen molar-refractivity contribution in [2.75, 3.05) is 39.4 Å². The van der Waals surface area contributed by atoms with Gasteiger partial charge in [-0.3, -0.25) is 0 Å². The molecule has 3 heterocycles. The van der Waals surface area contributed by atoms with Crippen molar-refractivity contribution in [2.45, 2.75) is 52.6 Å². The van der Waals surface area contributed by atoms with E-state index in [9.17, 15) is 0 Å². The van der Waals surface area contributed by atoms with Gasteiger partial charge in [-0.25, -0.2) is 9.98 Å². The van der Waals surface area contributed by atoms with Gasteiger partial charge >= 0.3 is 0 Å². The molecule has 1 atom stereocenters. The van der Waals surface area contributed by atoms with Crippen LogP contribution in [0.1, 0.15) is 41.8 Å². The van der Waals surface area contributed by atoms with Crippen molar-refractivity contribution in [1.29, 1.82) is 0 Å². The van der Waals surface area contributed by atoms with Crippen LogP contribution >= 0.6 is 35.3 Å². The van der Waals surface area contributed by atoms with Crippen molar-refractivity contribution >= 4 is 41.3 Å². The monoisotopic (exact) mass is 507 g/mol. The molecule has 0 spiro atoms. The molecule has 2 fully saturated rings. The summed E-state index contributed by atoms with van der Waals surface area (Å²) in [4.78, 5) is 13.1. The molecule has 2 aliphatic rings. The van der Waals surface area contributed by atoms with Crippen LogP contribution in [0.15, 0.2) is 4.99 Å². The first-order valence-corrected chi connectivity index (χ1v) is 10.7. The highest BCUT2D eigenvalue weighted by Crippen LogP contribution is 2.19. The van der Waals surface area contributed by atoms with Gasteiger partial charge in [-0.05, 0) is 46.0 Å². The van der Waals surface area contributed by atoms with Crippen LogP contribution in [0, 0.1) is 19.8 Å². The number of nitrogens with zero attached hydrogens (tertiary/aromatic N) is 3. The minimum atomic E-state index is 0. The Morgan fingerprint density at radius 3 is 2.67 bits per heavy atom. The number of likely N-dealkylation sites (tertiary alicyclic amines) is 1. The largest absolute Gasteiger partial charge is 0.381 e. The number of rotatable bonds is 6. The number of hydrogen-bond donors (Lipinski definition) is 2. The van der Waals surface area contributed by atoms with E-state index < -0.39 is 0 Å². The van der Waals surface area contributed by atoms with E-state index in [1.807, 2.05) is 0 Å². The van der Waals surface area contributed by atoms with Gasteiger partial charge in [-0.1, -0.05) is 0 Å². The quantitative estimate of drug-likeness (QED) is 0.352. The zero-order valence-electron chi connectivity index (χ0n) is 16.8. The summed E-state index contributed by atoms with van der Waals surface area (Å²) in [6, 6.07) is 0.508. The summed E-state index contributed by atoms with van der Waals surface area (Å²) in [5, 5.41) is 8.15. The molecule has 1 aromatic heterocycles. The lowest BCUT2D eigenvalue weighted by atomic mass is 10.0. The fraction of sp³-hybridized carbons (Fsp3) is 0.789. The number of halogens is 1. The molecule has 2 N–H and O–H groups in total. The van der Waals surface area contributed by atoms with Gasteiger partial charge in [0.25, 0.3) is 0 Å². The molecule has 0 bridgehead atoms. The summed E-state index contributed by atoms with van der Waals surface area (Å²) in [7, 11) is 0.